The van der Waals surface area contributed by atoms with Gasteiger partial charge in [0, 0.05) is 6.54 Å². The minimum Gasteiger partial charge on any atom is -0.356 e. The second-order valence-electron chi connectivity index (χ2n) is 4.75. The molecule has 4 nitrogen and oxygen atoms in total. The highest BCUT2D eigenvalue weighted by molar-refractivity contribution is 7.71. The summed E-state index contributed by atoms with van der Waals surface area (Å²) in [7, 11) is 0. The first-order chi connectivity index (χ1) is 10.2. The largest absolute Gasteiger partial charge is 0.356 e. The lowest BCUT2D eigenvalue weighted by molar-refractivity contribution is 0.607. The number of allylic oxidation sites excluding steroid dienone is 1. The van der Waals surface area contributed by atoms with Crippen LogP contribution in [0.15, 0.2) is 43.0 Å². The molecule has 0 saturated heterocycles. The Morgan fingerprint density at radius 2 is 2.00 bits per heavy atom. The molecule has 0 bridgehead atoms. The number of H-pyrrole nitrogens is 2. The lowest BCUT2D eigenvalue weighted by Gasteiger charge is -2.13. The van der Waals surface area contributed by atoms with Gasteiger partial charge in [0.15, 0.2) is 4.77 Å². The van der Waals surface area contributed by atoms with Crippen molar-refractivity contribution in [3.63, 3.8) is 0 Å². The SMILES string of the molecule is C=CC(CCNc1nc(=S)[nH]c(=S)[nH]1)Cc1ccccc1. The van der Waals surface area contributed by atoms with Crippen LogP contribution in [0.1, 0.15) is 12.0 Å². The number of aromatic nitrogens is 3. The molecule has 0 fully saturated rings. The van der Waals surface area contributed by atoms with Crippen molar-refractivity contribution in [2.24, 2.45) is 5.92 Å². The van der Waals surface area contributed by atoms with Crippen molar-refractivity contribution in [1.29, 1.82) is 0 Å². The van der Waals surface area contributed by atoms with Crippen LogP contribution in [0.2, 0.25) is 0 Å². The van der Waals surface area contributed by atoms with Crippen LogP contribution in [-0.2, 0) is 6.42 Å². The Morgan fingerprint density at radius 1 is 1.24 bits per heavy atom. The molecule has 0 radical (unpaired) electrons. The number of rotatable bonds is 7. The predicted octanol–water partition coefficient (Wildman–Crippen LogP) is 4.04. The first kappa shape index (κ1) is 15.6. The van der Waals surface area contributed by atoms with Gasteiger partial charge in [-0.2, -0.15) is 4.98 Å². The quantitative estimate of drug-likeness (QED) is 0.532. The molecule has 0 amide bonds. The van der Waals surface area contributed by atoms with E-state index in [4.69, 9.17) is 24.4 Å². The maximum atomic E-state index is 5.02. The van der Waals surface area contributed by atoms with Crippen LogP contribution >= 0.6 is 24.4 Å². The Kier molecular flexibility index (Phi) is 5.83. The van der Waals surface area contributed by atoms with Crippen molar-refractivity contribution in [3.05, 3.63) is 58.1 Å². The Bertz CT molecular complexity index is 662. The minimum atomic E-state index is 0.380. The second kappa shape index (κ2) is 7.85. The summed E-state index contributed by atoms with van der Waals surface area (Å²) in [6.45, 7) is 4.70. The van der Waals surface area contributed by atoms with Crippen LogP contribution in [0.4, 0.5) is 5.95 Å². The molecule has 1 aromatic heterocycles. The predicted molar refractivity (Wildman–Crippen MR) is 91.5 cm³/mol. The summed E-state index contributed by atoms with van der Waals surface area (Å²) in [5.41, 5.74) is 1.32. The molecule has 1 heterocycles. The summed E-state index contributed by atoms with van der Waals surface area (Å²) in [6, 6.07) is 10.4. The van der Waals surface area contributed by atoms with Gasteiger partial charge in [-0.15, -0.1) is 6.58 Å². The molecule has 110 valence electrons. The second-order valence-corrected chi connectivity index (χ2v) is 5.54. The van der Waals surface area contributed by atoms with E-state index in [1.807, 2.05) is 12.1 Å². The molecule has 0 saturated carbocycles. The third kappa shape index (κ3) is 5.24. The number of nitrogens with one attached hydrogen (secondary N) is 3. The molecule has 1 atom stereocenters. The highest BCUT2D eigenvalue weighted by Gasteiger charge is 2.05. The zero-order chi connectivity index (χ0) is 15.1. The zero-order valence-electron chi connectivity index (χ0n) is 11.6. The molecule has 2 rings (SSSR count). The average molecular weight is 318 g/mol. The molecule has 0 aliphatic rings. The molecule has 6 heteroatoms. The minimum absolute atomic E-state index is 0.380. The first-order valence-corrected chi connectivity index (χ1v) is 7.60. The average Bonchev–Trinajstić information content (AvgIpc) is 2.46. The molecule has 2 aromatic rings. The van der Waals surface area contributed by atoms with Gasteiger partial charge < -0.3 is 15.3 Å². The Balaban J connectivity index is 1.87. The summed E-state index contributed by atoms with van der Waals surface area (Å²) in [4.78, 5) is 9.84. The Hall–Kier alpha value is -1.79. The topological polar surface area (TPSA) is 56.5 Å². The summed E-state index contributed by atoms with van der Waals surface area (Å²) >= 11 is 10.0. The van der Waals surface area contributed by atoms with Crippen molar-refractivity contribution < 1.29 is 0 Å². The fourth-order valence-corrected chi connectivity index (χ4v) is 2.52. The van der Waals surface area contributed by atoms with E-state index in [-0.39, 0.29) is 0 Å². The van der Waals surface area contributed by atoms with Gasteiger partial charge in [-0.1, -0.05) is 36.4 Å². The van der Waals surface area contributed by atoms with Crippen LogP contribution in [-0.4, -0.2) is 21.5 Å². The highest BCUT2D eigenvalue weighted by atomic mass is 32.1. The van der Waals surface area contributed by atoms with Crippen molar-refractivity contribution in [2.45, 2.75) is 12.8 Å². The number of aromatic amines is 2. The molecule has 3 N–H and O–H groups in total. The number of anilines is 1. The highest BCUT2D eigenvalue weighted by Crippen LogP contribution is 2.13. The van der Waals surface area contributed by atoms with E-state index < -0.39 is 0 Å². The van der Waals surface area contributed by atoms with Gasteiger partial charge in [-0.3, -0.25) is 0 Å². The van der Waals surface area contributed by atoms with E-state index in [0.29, 0.717) is 21.4 Å². The molecule has 0 aliphatic heterocycles. The fourth-order valence-electron chi connectivity index (χ4n) is 2.07. The first-order valence-electron chi connectivity index (χ1n) is 6.78. The lowest BCUT2D eigenvalue weighted by Crippen LogP contribution is -2.11. The van der Waals surface area contributed by atoms with Crippen LogP contribution in [0, 0.1) is 15.5 Å². The van der Waals surface area contributed by atoms with Crippen molar-refractivity contribution in [3.8, 4) is 0 Å². The van der Waals surface area contributed by atoms with E-state index in [9.17, 15) is 0 Å². The molecule has 0 aliphatic carbocycles. The van der Waals surface area contributed by atoms with Gasteiger partial charge in [0.25, 0.3) is 0 Å². The maximum absolute atomic E-state index is 5.02. The standard InChI is InChI=1S/C15H18N4S2/c1-2-11(10-12-6-4-3-5-7-12)8-9-16-13-17-14(20)19-15(21)18-13/h2-7,11H,1,8-10H2,(H3,16,17,18,19,20,21). The van der Waals surface area contributed by atoms with E-state index in [2.05, 4.69) is 51.1 Å². The van der Waals surface area contributed by atoms with E-state index >= 15 is 0 Å². The van der Waals surface area contributed by atoms with Gasteiger partial charge in [0.2, 0.25) is 10.7 Å². The summed E-state index contributed by atoms with van der Waals surface area (Å²) in [5, 5.41) is 3.21. The third-order valence-corrected chi connectivity index (χ3v) is 3.54. The van der Waals surface area contributed by atoms with Gasteiger partial charge in [-0.25, -0.2) is 0 Å². The van der Waals surface area contributed by atoms with Gasteiger partial charge in [-0.05, 0) is 48.8 Å². The van der Waals surface area contributed by atoms with Gasteiger partial charge in [0.05, 0.1) is 0 Å². The van der Waals surface area contributed by atoms with Crippen molar-refractivity contribution in [2.75, 3.05) is 11.9 Å². The number of nitrogens with zero attached hydrogens (tertiary/aromatic N) is 1. The van der Waals surface area contributed by atoms with Crippen LogP contribution in [0.3, 0.4) is 0 Å². The number of hydrogen-bond acceptors (Lipinski definition) is 4. The lowest BCUT2D eigenvalue weighted by atomic mass is 9.96. The van der Waals surface area contributed by atoms with E-state index in [1.165, 1.54) is 5.56 Å². The smallest absolute Gasteiger partial charge is 0.205 e. The molecule has 1 aromatic carbocycles. The van der Waals surface area contributed by atoms with Crippen LogP contribution in [0.5, 0.6) is 0 Å². The van der Waals surface area contributed by atoms with Crippen molar-refractivity contribution >= 4 is 30.4 Å². The molecular weight excluding hydrogens is 300 g/mol. The Labute approximate surface area is 134 Å². The zero-order valence-corrected chi connectivity index (χ0v) is 13.3. The summed E-state index contributed by atoms with van der Waals surface area (Å²) < 4.78 is 0.855. The Morgan fingerprint density at radius 3 is 2.67 bits per heavy atom. The van der Waals surface area contributed by atoms with Crippen LogP contribution in [0.25, 0.3) is 0 Å². The third-order valence-electron chi connectivity index (χ3n) is 3.15. The fraction of sp³-hybridized carbons (Fsp3) is 0.267. The van der Waals surface area contributed by atoms with Gasteiger partial charge in [0.1, 0.15) is 0 Å². The van der Waals surface area contributed by atoms with E-state index in [1.54, 1.807) is 0 Å². The normalized spacial score (nSPS) is 11.8. The molecular formula is C15H18N4S2. The van der Waals surface area contributed by atoms with E-state index in [0.717, 1.165) is 19.4 Å². The monoisotopic (exact) mass is 318 g/mol. The maximum Gasteiger partial charge on any atom is 0.205 e. The number of benzene rings is 1. The molecule has 0 spiro atoms. The summed E-state index contributed by atoms with van der Waals surface area (Å²) in [6.07, 6.45) is 3.96. The van der Waals surface area contributed by atoms with Crippen molar-refractivity contribution in [1.82, 2.24) is 15.0 Å². The molecule has 1 unspecified atom stereocenters. The van der Waals surface area contributed by atoms with Crippen LogP contribution < -0.4 is 5.32 Å². The summed E-state index contributed by atoms with van der Waals surface area (Å²) in [5.74, 6) is 1.02. The number of hydrogen-bond donors (Lipinski definition) is 3. The van der Waals surface area contributed by atoms with Gasteiger partial charge >= 0.3 is 0 Å². The molecule has 21 heavy (non-hydrogen) atoms.